The first-order valence-corrected chi connectivity index (χ1v) is 9.54. The molecule has 0 radical (unpaired) electrons. The van der Waals surface area contributed by atoms with E-state index in [1.165, 1.54) is 39.0 Å². The molecule has 7 heteroatoms. The van der Waals surface area contributed by atoms with Gasteiger partial charge in [0, 0.05) is 5.56 Å². The van der Waals surface area contributed by atoms with E-state index in [0.717, 1.165) is 19.6 Å². The van der Waals surface area contributed by atoms with Gasteiger partial charge in [-0.05, 0) is 41.1 Å². The van der Waals surface area contributed by atoms with Gasteiger partial charge < -0.3 is 4.90 Å². The molecule has 1 saturated heterocycles. The third kappa shape index (κ3) is 3.38. The molecule has 2 heterocycles. The maximum atomic E-state index is 12.9. The van der Waals surface area contributed by atoms with Crippen LogP contribution in [-0.4, -0.2) is 38.9 Å². The lowest BCUT2D eigenvalue weighted by molar-refractivity contribution is -0.917. The van der Waals surface area contributed by atoms with Crippen molar-refractivity contribution in [3.8, 4) is 0 Å². The maximum absolute atomic E-state index is 12.9. The lowest BCUT2D eigenvalue weighted by Crippen LogP contribution is -3.13. The van der Waals surface area contributed by atoms with Crippen LogP contribution in [0.2, 0.25) is 0 Å². The molecule has 1 aromatic carbocycles. The Morgan fingerprint density at radius 3 is 2.41 bits per heavy atom. The number of halogens is 1. The van der Waals surface area contributed by atoms with Crippen LogP contribution >= 0.6 is 11.3 Å². The van der Waals surface area contributed by atoms with Gasteiger partial charge in [-0.25, -0.2) is 12.8 Å². The van der Waals surface area contributed by atoms with Crippen LogP contribution in [0.15, 0.2) is 46.0 Å². The van der Waals surface area contributed by atoms with Crippen LogP contribution in [0.5, 0.6) is 0 Å². The molecular formula is C15H18FN2O2S2+. The van der Waals surface area contributed by atoms with Crippen molar-refractivity contribution in [3.05, 3.63) is 52.5 Å². The van der Waals surface area contributed by atoms with Crippen molar-refractivity contribution in [2.45, 2.75) is 11.4 Å². The highest BCUT2D eigenvalue weighted by Crippen LogP contribution is 2.16. The molecule has 0 unspecified atom stereocenters. The molecule has 22 heavy (non-hydrogen) atoms. The van der Waals surface area contributed by atoms with E-state index in [0.29, 0.717) is 13.1 Å². The Morgan fingerprint density at radius 1 is 1.14 bits per heavy atom. The second kappa shape index (κ2) is 6.45. The Morgan fingerprint density at radius 2 is 1.82 bits per heavy atom. The molecule has 1 N–H and O–H groups in total. The fraction of sp³-hybridized carbons (Fsp3) is 0.333. The highest BCUT2D eigenvalue weighted by atomic mass is 32.2. The van der Waals surface area contributed by atoms with E-state index in [2.05, 4.69) is 16.8 Å². The molecule has 3 rings (SSSR count). The van der Waals surface area contributed by atoms with Crippen LogP contribution in [0.1, 0.15) is 5.56 Å². The van der Waals surface area contributed by atoms with Gasteiger partial charge in [-0.2, -0.15) is 15.6 Å². The molecule has 1 aliphatic heterocycles. The maximum Gasteiger partial charge on any atom is 0.243 e. The fourth-order valence-corrected chi connectivity index (χ4v) is 4.77. The van der Waals surface area contributed by atoms with Gasteiger partial charge in [0.1, 0.15) is 12.4 Å². The van der Waals surface area contributed by atoms with E-state index in [-0.39, 0.29) is 4.90 Å². The summed E-state index contributed by atoms with van der Waals surface area (Å²) in [5.41, 5.74) is 1.30. The molecule has 0 amide bonds. The first-order valence-electron chi connectivity index (χ1n) is 7.16. The summed E-state index contributed by atoms with van der Waals surface area (Å²) in [5, 5.41) is 4.19. The van der Waals surface area contributed by atoms with E-state index in [1.54, 1.807) is 11.3 Å². The van der Waals surface area contributed by atoms with Crippen molar-refractivity contribution in [1.82, 2.24) is 4.31 Å². The molecule has 4 nitrogen and oxygen atoms in total. The van der Waals surface area contributed by atoms with E-state index in [4.69, 9.17) is 0 Å². The first kappa shape index (κ1) is 15.6. The van der Waals surface area contributed by atoms with Gasteiger partial charge in [0.25, 0.3) is 0 Å². The summed E-state index contributed by atoms with van der Waals surface area (Å²) in [5.74, 6) is -0.427. The van der Waals surface area contributed by atoms with Crippen LogP contribution in [0.3, 0.4) is 0 Å². The number of benzene rings is 1. The lowest BCUT2D eigenvalue weighted by Gasteiger charge is -2.31. The van der Waals surface area contributed by atoms with Crippen molar-refractivity contribution in [1.29, 1.82) is 0 Å². The number of sulfonamides is 1. The highest BCUT2D eigenvalue weighted by Gasteiger charge is 2.30. The Hall–Kier alpha value is -1.28. The molecule has 1 aromatic heterocycles. The van der Waals surface area contributed by atoms with Gasteiger partial charge in [0.15, 0.2) is 0 Å². The van der Waals surface area contributed by atoms with E-state index < -0.39 is 15.8 Å². The summed E-state index contributed by atoms with van der Waals surface area (Å²) in [4.78, 5) is 1.55. The summed E-state index contributed by atoms with van der Waals surface area (Å²) in [6.07, 6.45) is 0. The summed E-state index contributed by atoms with van der Waals surface area (Å²) in [6, 6.07) is 7.14. The van der Waals surface area contributed by atoms with Crippen molar-refractivity contribution in [2.24, 2.45) is 0 Å². The molecule has 1 aliphatic rings. The number of thiophene rings is 1. The normalized spacial score (nSPS) is 17.7. The van der Waals surface area contributed by atoms with Gasteiger partial charge in [-0.3, -0.25) is 0 Å². The number of hydrogen-bond acceptors (Lipinski definition) is 3. The minimum Gasteiger partial charge on any atom is -0.329 e. The zero-order chi connectivity index (χ0) is 15.6. The molecule has 1 fully saturated rings. The molecule has 0 atom stereocenters. The van der Waals surface area contributed by atoms with Crippen molar-refractivity contribution in [2.75, 3.05) is 26.2 Å². The quantitative estimate of drug-likeness (QED) is 0.901. The standard InChI is InChI=1S/C15H17FN2O2S2/c16-14-1-3-15(4-2-14)22(19,20)18-8-6-17(7-9-18)11-13-5-10-21-12-13/h1-5,10,12H,6-9,11H2/p+1. The summed E-state index contributed by atoms with van der Waals surface area (Å²) < 4.78 is 39.5. The predicted molar refractivity (Wildman–Crippen MR) is 83.9 cm³/mol. The fourth-order valence-electron chi connectivity index (χ4n) is 2.66. The molecule has 118 valence electrons. The number of rotatable bonds is 4. The summed E-state index contributed by atoms with van der Waals surface area (Å²) in [6.45, 7) is 3.51. The van der Waals surface area contributed by atoms with Crippen molar-refractivity contribution >= 4 is 21.4 Å². The Labute approximate surface area is 133 Å². The van der Waals surface area contributed by atoms with Gasteiger partial charge >= 0.3 is 0 Å². The second-order valence-corrected chi connectivity index (χ2v) is 8.13. The minimum atomic E-state index is -3.51. The molecular weight excluding hydrogens is 323 g/mol. The smallest absolute Gasteiger partial charge is 0.243 e. The van der Waals surface area contributed by atoms with Gasteiger partial charge in [0.2, 0.25) is 10.0 Å². The number of nitrogens with one attached hydrogen (secondary N) is 1. The first-order chi connectivity index (χ1) is 10.6. The molecule has 2 aromatic rings. The van der Waals surface area contributed by atoms with Gasteiger partial charge in [-0.15, -0.1) is 0 Å². The number of nitrogens with zero attached hydrogens (tertiary/aromatic N) is 1. The average molecular weight is 341 g/mol. The topological polar surface area (TPSA) is 41.8 Å². The third-order valence-corrected chi connectivity index (χ3v) is 6.56. The number of piperazine rings is 1. The SMILES string of the molecule is O=S(=O)(c1ccc(F)cc1)N1CC[NH+](Cc2ccsc2)CC1. The van der Waals surface area contributed by atoms with Crippen molar-refractivity contribution < 1.29 is 17.7 Å². The lowest BCUT2D eigenvalue weighted by atomic mass is 10.3. The molecule has 0 bridgehead atoms. The zero-order valence-electron chi connectivity index (χ0n) is 12.0. The van der Waals surface area contributed by atoms with Crippen LogP contribution in [0, 0.1) is 5.82 Å². The van der Waals surface area contributed by atoms with Crippen LogP contribution in [-0.2, 0) is 16.6 Å². The summed E-state index contributed by atoms with van der Waals surface area (Å²) in [7, 11) is -3.51. The second-order valence-electron chi connectivity index (χ2n) is 5.42. The Kier molecular flexibility index (Phi) is 4.58. The molecule has 0 saturated carbocycles. The van der Waals surface area contributed by atoms with Gasteiger partial charge in [0.05, 0.1) is 31.1 Å². The Bertz CT molecular complexity index is 707. The van der Waals surface area contributed by atoms with Crippen molar-refractivity contribution in [3.63, 3.8) is 0 Å². The minimum absolute atomic E-state index is 0.162. The third-order valence-electron chi connectivity index (χ3n) is 3.92. The molecule has 0 aliphatic carbocycles. The number of hydrogen-bond donors (Lipinski definition) is 1. The van der Waals surface area contributed by atoms with E-state index in [9.17, 15) is 12.8 Å². The molecule has 0 spiro atoms. The Balaban J connectivity index is 1.64. The van der Waals surface area contributed by atoms with Crippen LogP contribution in [0.25, 0.3) is 0 Å². The average Bonchev–Trinajstić information content (AvgIpc) is 3.01. The highest BCUT2D eigenvalue weighted by molar-refractivity contribution is 7.89. The largest absolute Gasteiger partial charge is 0.329 e. The zero-order valence-corrected chi connectivity index (χ0v) is 13.7. The van der Waals surface area contributed by atoms with Gasteiger partial charge in [-0.1, -0.05) is 0 Å². The predicted octanol–water partition coefficient (Wildman–Crippen LogP) is 0.977. The van der Waals surface area contributed by atoms with Crippen LogP contribution in [0.4, 0.5) is 4.39 Å². The van der Waals surface area contributed by atoms with E-state index in [1.807, 2.05) is 0 Å². The number of quaternary nitrogens is 1. The summed E-state index contributed by atoms with van der Waals surface area (Å²) >= 11 is 1.68. The van der Waals surface area contributed by atoms with Crippen LogP contribution < -0.4 is 4.90 Å². The monoisotopic (exact) mass is 341 g/mol. The van der Waals surface area contributed by atoms with E-state index >= 15 is 0 Å².